The van der Waals surface area contributed by atoms with E-state index in [1.165, 1.54) is 12.1 Å². The Morgan fingerprint density at radius 1 is 1.05 bits per heavy atom. The van der Waals surface area contributed by atoms with Crippen LogP contribution in [0.25, 0.3) is 0 Å². The zero-order chi connectivity index (χ0) is 15.7. The van der Waals surface area contributed by atoms with E-state index in [0.29, 0.717) is 18.6 Å². The van der Waals surface area contributed by atoms with Crippen LogP contribution >= 0.6 is 0 Å². The van der Waals surface area contributed by atoms with Gasteiger partial charge in [0.2, 0.25) is 0 Å². The molecule has 0 aliphatic rings. The van der Waals surface area contributed by atoms with E-state index in [9.17, 15) is 8.78 Å². The lowest BCUT2D eigenvalue weighted by atomic mass is 10.1. The molecule has 21 heavy (non-hydrogen) atoms. The summed E-state index contributed by atoms with van der Waals surface area (Å²) in [5.74, 6) is -1.01. The average Bonchev–Trinajstić information content (AvgIpc) is 2.48. The monoisotopic (exact) mass is 318 g/mol. The third-order valence-corrected chi connectivity index (χ3v) is 6.37. The first-order valence-corrected chi connectivity index (χ1v) is 9.18. The largest absolute Gasteiger partial charge is 0.500 e. The van der Waals surface area contributed by atoms with Crippen molar-refractivity contribution in [3.63, 3.8) is 0 Å². The van der Waals surface area contributed by atoms with Gasteiger partial charge in [0.25, 0.3) is 0 Å². The van der Waals surface area contributed by atoms with E-state index in [0.717, 1.165) is 31.4 Å². The quantitative estimate of drug-likeness (QED) is 0.483. The highest BCUT2D eigenvalue weighted by Gasteiger charge is 2.37. The first kappa shape index (κ1) is 18.2. The number of unbranched alkanes of at least 4 members (excludes halogenated alkanes) is 2. The van der Waals surface area contributed by atoms with E-state index in [-0.39, 0.29) is 0 Å². The van der Waals surface area contributed by atoms with Gasteiger partial charge in [0.15, 0.2) is 0 Å². The molecule has 0 radical (unpaired) electrons. The Bertz CT molecular complexity index is 425. The Morgan fingerprint density at radius 3 is 2.33 bits per heavy atom. The number of halogens is 2. The van der Waals surface area contributed by atoms with Gasteiger partial charge in [-0.1, -0.05) is 12.5 Å². The Balaban J connectivity index is 2.33. The molecule has 0 amide bonds. The van der Waals surface area contributed by atoms with Gasteiger partial charge < -0.3 is 13.3 Å². The maximum absolute atomic E-state index is 13.5. The molecule has 3 nitrogen and oxygen atoms in total. The minimum absolute atomic E-state index is 0.471. The van der Waals surface area contributed by atoms with Crippen molar-refractivity contribution in [1.29, 1.82) is 0 Å². The second kappa shape index (κ2) is 9.25. The summed E-state index contributed by atoms with van der Waals surface area (Å²) in [6, 6.07) is 4.48. The molecule has 0 saturated carbocycles. The zero-order valence-electron chi connectivity index (χ0n) is 13.0. The third kappa shape index (κ3) is 5.82. The Morgan fingerprint density at radius 2 is 1.76 bits per heavy atom. The predicted molar refractivity (Wildman–Crippen MR) is 80.1 cm³/mol. The topological polar surface area (TPSA) is 27.7 Å². The van der Waals surface area contributed by atoms with Crippen molar-refractivity contribution >= 4 is 8.80 Å². The maximum Gasteiger partial charge on any atom is 0.500 e. The summed E-state index contributed by atoms with van der Waals surface area (Å²) in [5, 5.41) is 0. The summed E-state index contributed by atoms with van der Waals surface area (Å²) in [6.07, 6.45) is 3.27. The lowest BCUT2D eigenvalue weighted by Crippen LogP contribution is -2.43. The van der Waals surface area contributed by atoms with E-state index < -0.39 is 20.4 Å². The maximum atomic E-state index is 13.5. The first-order chi connectivity index (χ1) is 10.1. The fourth-order valence-corrected chi connectivity index (χ4v) is 4.33. The molecule has 0 atom stereocenters. The lowest BCUT2D eigenvalue weighted by molar-refractivity contribution is 0.103. The number of aryl methyl sites for hydroxylation is 1. The highest BCUT2D eigenvalue weighted by atomic mass is 28.4. The fourth-order valence-electron chi connectivity index (χ4n) is 2.26. The molecule has 0 saturated heterocycles. The van der Waals surface area contributed by atoms with Gasteiger partial charge in [0.1, 0.15) is 11.6 Å². The van der Waals surface area contributed by atoms with E-state index in [2.05, 4.69) is 0 Å². The summed E-state index contributed by atoms with van der Waals surface area (Å²) < 4.78 is 42.7. The molecule has 0 aliphatic heterocycles. The molecule has 0 N–H and O–H groups in total. The van der Waals surface area contributed by atoms with Crippen molar-refractivity contribution in [2.75, 3.05) is 20.8 Å². The van der Waals surface area contributed by atoms with Crippen LogP contribution in [0.1, 0.15) is 31.7 Å². The number of hydrogen-bond acceptors (Lipinski definition) is 3. The molecule has 6 heteroatoms. The molecule has 1 rings (SSSR count). The number of hydrogen-bond donors (Lipinski definition) is 0. The molecule has 0 heterocycles. The SMILES string of the molecule is CCO[Si](CCCCCc1ccc(F)cc1F)(OC)OC. The molecular formula is C15H24F2O3Si. The Hall–Kier alpha value is -0.823. The highest BCUT2D eigenvalue weighted by molar-refractivity contribution is 6.60. The van der Waals surface area contributed by atoms with Crippen LogP contribution in [0.2, 0.25) is 6.04 Å². The highest BCUT2D eigenvalue weighted by Crippen LogP contribution is 2.19. The van der Waals surface area contributed by atoms with Gasteiger partial charge in [0.05, 0.1) is 0 Å². The van der Waals surface area contributed by atoms with E-state index in [1.54, 1.807) is 14.2 Å². The van der Waals surface area contributed by atoms with Gasteiger partial charge in [-0.2, -0.15) is 0 Å². The molecule has 1 aromatic rings. The average molecular weight is 318 g/mol. The van der Waals surface area contributed by atoms with Crippen molar-refractivity contribution in [3.05, 3.63) is 35.4 Å². The first-order valence-electron chi connectivity index (χ1n) is 7.25. The molecule has 0 bridgehead atoms. The summed E-state index contributed by atoms with van der Waals surface area (Å²) in [6.45, 7) is 2.48. The Labute approximate surface area is 126 Å². The molecule has 0 unspecified atom stereocenters. The molecule has 0 aliphatic carbocycles. The van der Waals surface area contributed by atoms with E-state index >= 15 is 0 Å². The van der Waals surface area contributed by atoms with Crippen LogP contribution in [0.4, 0.5) is 8.78 Å². The standard InChI is InChI=1S/C15H24F2O3Si/c1-4-20-21(18-2,19-3)11-7-5-6-8-13-9-10-14(16)12-15(13)17/h9-10,12H,4-8,11H2,1-3H3. The Kier molecular flexibility index (Phi) is 8.03. The molecule has 0 aromatic heterocycles. The smallest absolute Gasteiger partial charge is 0.377 e. The molecule has 0 spiro atoms. The normalized spacial score (nSPS) is 11.9. The fraction of sp³-hybridized carbons (Fsp3) is 0.600. The minimum atomic E-state index is -2.51. The van der Waals surface area contributed by atoms with Gasteiger partial charge in [-0.15, -0.1) is 0 Å². The minimum Gasteiger partial charge on any atom is -0.377 e. The van der Waals surface area contributed by atoms with Crippen molar-refractivity contribution < 1.29 is 22.1 Å². The summed E-state index contributed by atoms with van der Waals surface area (Å²) >= 11 is 0. The van der Waals surface area contributed by atoms with Crippen LogP contribution < -0.4 is 0 Å². The van der Waals surface area contributed by atoms with E-state index in [4.69, 9.17) is 13.3 Å². The van der Waals surface area contributed by atoms with Crippen LogP contribution in [0.3, 0.4) is 0 Å². The number of rotatable bonds is 10. The van der Waals surface area contributed by atoms with Gasteiger partial charge in [-0.05, 0) is 37.8 Å². The van der Waals surface area contributed by atoms with Crippen molar-refractivity contribution in [2.24, 2.45) is 0 Å². The predicted octanol–water partition coefficient (Wildman–Crippen LogP) is 3.95. The third-order valence-electron chi connectivity index (χ3n) is 3.43. The molecule has 0 fully saturated rings. The van der Waals surface area contributed by atoms with Crippen molar-refractivity contribution in [1.82, 2.24) is 0 Å². The van der Waals surface area contributed by atoms with Crippen LogP contribution in [0, 0.1) is 11.6 Å². The van der Waals surface area contributed by atoms with Gasteiger partial charge >= 0.3 is 8.80 Å². The van der Waals surface area contributed by atoms with Gasteiger partial charge in [0, 0.05) is 32.9 Å². The molecular weight excluding hydrogens is 294 g/mol. The summed E-state index contributed by atoms with van der Waals surface area (Å²) in [5.41, 5.74) is 0.559. The summed E-state index contributed by atoms with van der Waals surface area (Å²) in [4.78, 5) is 0. The van der Waals surface area contributed by atoms with Crippen LogP contribution in [0.5, 0.6) is 0 Å². The lowest BCUT2D eigenvalue weighted by Gasteiger charge is -2.25. The van der Waals surface area contributed by atoms with Crippen LogP contribution in [-0.2, 0) is 19.7 Å². The molecule has 120 valence electrons. The van der Waals surface area contributed by atoms with Crippen LogP contribution in [-0.4, -0.2) is 29.6 Å². The second-order valence-electron chi connectivity index (χ2n) is 4.82. The van der Waals surface area contributed by atoms with Crippen molar-refractivity contribution in [3.8, 4) is 0 Å². The zero-order valence-corrected chi connectivity index (χ0v) is 14.0. The summed E-state index contributed by atoms with van der Waals surface area (Å²) in [7, 11) is 0.706. The van der Waals surface area contributed by atoms with Crippen molar-refractivity contribution in [2.45, 2.75) is 38.7 Å². The van der Waals surface area contributed by atoms with E-state index in [1.807, 2.05) is 6.92 Å². The second-order valence-corrected chi connectivity index (χ2v) is 7.79. The number of benzene rings is 1. The molecule has 1 aromatic carbocycles. The van der Waals surface area contributed by atoms with Gasteiger partial charge in [-0.3, -0.25) is 0 Å². The van der Waals surface area contributed by atoms with Crippen LogP contribution in [0.15, 0.2) is 18.2 Å². The van der Waals surface area contributed by atoms with Gasteiger partial charge in [-0.25, -0.2) is 8.78 Å².